The molecule has 152 valence electrons. The van der Waals surface area contributed by atoms with Gasteiger partial charge in [0.15, 0.2) is 5.78 Å². The van der Waals surface area contributed by atoms with E-state index in [0.29, 0.717) is 31.1 Å². The Labute approximate surface area is 171 Å². The van der Waals surface area contributed by atoms with Crippen molar-refractivity contribution < 1.29 is 19.1 Å². The minimum absolute atomic E-state index is 0.0482. The van der Waals surface area contributed by atoms with Crippen molar-refractivity contribution in [3.63, 3.8) is 0 Å². The fraction of sp³-hybridized carbons (Fsp3) is 0.417. The summed E-state index contributed by atoms with van der Waals surface area (Å²) in [6.07, 6.45) is 3.28. The first-order valence-electron chi connectivity index (χ1n) is 10.4. The van der Waals surface area contributed by atoms with Gasteiger partial charge < -0.3 is 14.4 Å². The van der Waals surface area contributed by atoms with Crippen LogP contribution in [0.3, 0.4) is 0 Å². The van der Waals surface area contributed by atoms with Crippen LogP contribution >= 0.6 is 0 Å². The summed E-state index contributed by atoms with van der Waals surface area (Å²) in [5, 5.41) is 0. The molecule has 4 rings (SSSR count). The fourth-order valence-electron chi connectivity index (χ4n) is 4.14. The third kappa shape index (κ3) is 4.85. The van der Waals surface area contributed by atoms with E-state index in [1.807, 2.05) is 59.5 Å². The van der Waals surface area contributed by atoms with Gasteiger partial charge in [-0.15, -0.1) is 0 Å². The smallest absolute Gasteiger partial charge is 0.225 e. The van der Waals surface area contributed by atoms with E-state index in [0.717, 1.165) is 38.0 Å². The minimum atomic E-state index is -0.131. The van der Waals surface area contributed by atoms with Gasteiger partial charge in [-0.25, -0.2) is 0 Å². The number of piperidine rings is 1. The number of benzene rings is 2. The largest absolute Gasteiger partial charge is 0.457 e. The number of para-hydroxylation sites is 1. The molecule has 0 N–H and O–H groups in total. The second-order valence-corrected chi connectivity index (χ2v) is 7.81. The lowest BCUT2D eigenvalue weighted by Gasteiger charge is -2.35. The second kappa shape index (κ2) is 9.23. The van der Waals surface area contributed by atoms with Crippen LogP contribution in [0.25, 0.3) is 0 Å². The van der Waals surface area contributed by atoms with Crippen LogP contribution in [0.1, 0.15) is 36.0 Å². The van der Waals surface area contributed by atoms with Gasteiger partial charge >= 0.3 is 0 Å². The Bertz CT molecular complexity index is 828. The zero-order valence-electron chi connectivity index (χ0n) is 16.6. The highest BCUT2D eigenvalue weighted by Gasteiger charge is 2.32. The van der Waals surface area contributed by atoms with Crippen molar-refractivity contribution in [3.05, 3.63) is 60.2 Å². The highest BCUT2D eigenvalue weighted by Crippen LogP contribution is 2.26. The van der Waals surface area contributed by atoms with Gasteiger partial charge in [-0.05, 0) is 62.1 Å². The maximum absolute atomic E-state index is 13.0. The van der Waals surface area contributed by atoms with E-state index >= 15 is 0 Å². The molecule has 0 spiro atoms. The molecule has 5 heteroatoms. The number of rotatable bonds is 5. The van der Waals surface area contributed by atoms with Crippen LogP contribution in [0, 0.1) is 11.8 Å². The average molecular weight is 393 g/mol. The van der Waals surface area contributed by atoms with E-state index in [1.165, 1.54) is 0 Å². The summed E-state index contributed by atoms with van der Waals surface area (Å²) in [6, 6.07) is 16.9. The quantitative estimate of drug-likeness (QED) is 0.710. The Morgan fingerprint density at radius 2 is 1.55 bits per heavy atom. The van der Waals surface area contributed by atoms with Gasteiger partial charge in [-0.1, -0.05) is 18.2 Å². The molecule has 2 aromatic rings. The molecule has 2 aliphatic heterocycles. The average Bonchev–Trinajstić information content (AvgIpc) is 2.80. The molecule has 29 heavy (non-hydrogen) atoms. The number of carbonyl (C=O) groups excluding carboxylic acids is 2. The number of amides is 1. The van der Waals surface area contributed by atoms with E-state index in [4.69, 9.17) is 9.47 Å². The molecule has 2 aromatic carbocycles. The maximum Gasteiger partial charge on any atom is 0.225 e. The Morgan fingerprint density at radius 1 is 0.862 bits per heavy atom. The molecule has 0 radical (unpaired) electrons. The van der Waals surface area contributed by atoms with Gasteiger partial charge in [0.25, 0.3) is 0 Å². The SMILES string of the molecule is O=C(c1ccc(Oc2ccccc2)cc1)[C@H]1CCCN(C(=O)C2CCOCC2)C1. The molecule has 0 bridgehead atoms. The van der Waals surface area contributed by atoms with E-state index < -0.39 is 0 Å². The highest BCUT2D eigenvalue weighted by molar-refractivity contribution is 5.98. The molecule has 2 saturated heterocycles. The van der Waals surface area contributed by atoms with Crippen LogP contribution in [0.4, 0.5) is 0 Å². The van der Waals surface area contributed by atoms with Crippen molar-refractivity contribution in [1.29, 1.82) is 0 Å². The number of hydrogen-bond acceptors (Lipinski definition) is 4. The standard InChI is InChI=1S/C24H27NO4/c26-23(18-8-10-22(11-9-18)29-21-6-2-1-3-7-21)20-5-4-14-25(17-20)24(27)19-12-15-28-16-13-19/h1-3,6-11,19-20H,4-5,12-17H2/t20-/m0/s1. The molecular weight excluding hydrogens is 366 g/mol. The summed E-state index contributed by atoms with van der Waals surface area (Å²) < 4.78 is 11.2. The van der Waals surface area contributed by atoms with Gasteiger partial charge in [0.1, 0.15) is 11.5 Å². The Balaban J connectivity index is 1.37. The van der Waals surface area contributed by atoms with Gasteiger partial charge in [0, 0.05) is 43.7 Å². The number of ether oxygens (including phenoxy) is 2. The van der Waals surface area contributed by atoms with Crippen LogP contribution in [-0.4, -0.2) is 42.9 Å². The van der Waals surface area contributed by atoms with Crippen LogP contribution in [-0.2, 0) is 9.53 Å². The molecule has 0 aliphatic carbocycles. The minimum Gasteiger partial charge on any atom is -0.457 e. The molecule has 2 fully saturated rings. The third-order valence-corrected chi connectivity index (χ3v) is 5.79. The van der Waals surface area contributed by atoms with Crippen LogP contribution in [0.2, 0.25) is 0 Å². The lowest BCUT2D eigenvalue weighted by Crippen LogP contribution is -2.45. The topological polar surface area (TPSA) is 55.8 Å². The summed E-state index contributed by atoms with van der Waals surface area (Å²) in [6.45, 7) is 2.59. The van der Waals surface area contributed by atoms with E-state index in [-0.39, 0.29) is 23.5 Å². The van der Waals surface area contributed by atoms with Gasteiger partial charge in [-0.3, -0.25) is 9.59 Å². The van der Waals surface area contributed by atoms with Gasteiger partial charge in [-0.2, -0.15) is 0 Å². The molecule has 2 aliphatic rings. The van der Waals surface area contributed by atoms with Gasteiger partial charge in [0.2, 0.25) is 5.91 Å². The fourth-order valence-corrected chi connectivity index (χ4v) is 4.14. The maximum atomic E-state index is 13.0. The molecule has 5 nitrogen and oxygen atoms in total. The Morgan fingerprint density at radius 3 is 2.28 bits per heavy atom. The van der Waals surface area contributed by atoms with Crippen molar-refractivity contribution in [3.8, 4) is 11.5 Å². The first-order chi connectivity index (χ1) is 14.2. The summed E-state index contributed by atoms with van der Waals surface area (Å²) in [7, 11) is 0. The number of ketones is 1. The van der Waals surface area contributed by atoms with E-state index in [1.54, 1.807) is 0 Å². The van der Waals surface area contributed by atoms with Crippen molar-refractivity contribution in [1.82, 2.24) is 4.90 Å². The van der Waals surface area contributed by atoms with Crippen LogP contribution in [0.15, 0.2) is 54.6 Å². The van der Waals surface area contributed by atoms with Crippen molar-refractivity contribution in [2.75, 3.05) is 26.3 Å². The monoisotopic (exact) mass is 393 g/mol. The van der Waals surface area contributed by atoms with E-state index in [2.05, 4.69) is 0 Å². The lowest BCUT2D eigenvalue weighted by atomic mass is 9.88. The van der Waals surface area contributed by atoms with Crippen molar-refractivity contribution in [2.24, 2.45) is 11.8 Å². The molecule has 2 heterocycles. The van der Waals surface area contributed by atoms with Crippen molar-refractivity contribution in [2.45, 2.75) is 25.7 Å². The number of likely N-dealkylation sites (tertiary alicyclic amines) is 1. The molecule has 0 saturated carbocycles. The van der Waals surface area contributed by atoms with Crippen LogP contribution < -0.4 is 4.74 Å². The summed E-state index contributed by atoms with van der Waals surface area (Å²) in [4.78, 5) is 27.7. The molecule has 0 unspecified atom stereocenters. The predicted molar refractivity (Wildman–Crippen MR) is 110 cm³/mol. The summed E-state index contributed by atoms with van der Waals surface area (Å²) in [5.74, 6) is 1.69. The summed E-state index contributed by atoms with van der Waals surface area (Å²) in [5.41, 5.74) is 0.677. The normalized spacial score (nSPS) is 20.3. The second-order valence-electron chi connectivity index (χ2n) is 7.81. The zero-order valence-corrected chi connectivity index (χ0v) is 16.6. The van der Waals surface area contributed by atoms with E-state index in [9.17, 15) is 9.59 Å². The number of Topliss-reactive ketones (excluding diaryl/α,β-unsaturated/α-hetero) is 1. The molecular formula is C24H27NO4. The highest BCUT2D eigenvalue weighted by atomic mass is 16.5. The number of nitrogens with zero attached hydrogens (tertiary/aromatic N) is 1. The summed E-state index contributed by atoms with van der Waals surface area (Å²) >= 11 is 0. The predicted octanol–water partition coefficient (Wildman–Crippen LogP) is 4.33. The Kier molecular flexibility index (Phi) is 6.25. The van der Waals surface area contributed by atoms with Crippen LogP contribution in [0.5, 0.6) is 11.5 Å². The number of hydrogen-bond donors (Lipinski definition) is 0. The Hall–Kier alpha value is -2.66. The first-order valence-corrected chi connectivity index (χ1v) is 10.4. The molecule has 0 aromatic heterocycles. The number of carbonyl (C=O) groups is 2. The van der Waals surface area contributed by atoms with Gasteiger partial charge in [0.05, 0.1) is 0 Å². The third-order valence-electron chi connectivity index (χ3n) is 5.79. The lowest BCUT2D eigenvalue weighted by molar-refractivity contribution is -0.140. The zero-order chi connectivity index (χ0) is 20.1. The molecule has 1 amide bonds. The first kappa shape index (κ1) is 19.6. The molecule has 1 atom stereocenters. The van der Waals surface area contributed by atoms with Crippen molar-refractivity contribution >= 4 is 11.7 Å².